The number of halogens is 3. The average molecular weight is 603 g/mol. The fourth-order valence-electron chi connectivity index (χ4n) is 5.07. The van der Waals surface area contributed by atoms with Crippen molar-refractivity contribution in [2.24, 2.45) is 0 Å². The third kappa shape index (κ3) is 7.19. The Balaban J connectivity index is 1.13. The number of aromatic nitrogens is 3. The quantitative estimate of drug-likeness (QED) is 0.350. The van der Waals surface area contributed by atoms with E-state index in [4.69, 9.17) is 11.6 Å². The Morgan fingerprint density at radius 1 is 1.00 bits per heavy atom. The molecule has 3 heterocycles. The molecule has 0 aliphatic carbocycles. The van der Waals surface area contributed by atoms with E-state index < -0.39 is 17.2 Å². The second-order valence-electron chi connectivity index (χ2n) is 10.1. The summed E-state index contributed by atoms with van der Waals surface area (Å²) < 4.78 is 29.7. The molecule has 0 saturated carbocycles. The number of hydrogen-bond donors (Lipinski definition) is 1. The van der Waals surface area contributed by atoms with Gasteiger partial charge in [-0.15, -0.1) is 0 Å². The standard InChI is InChI=1S/C28H29ClF2N6O3S/c29-21-4-2-20(3-5-21)14-25-26(38)37(27(39)41-25)9-1-8-34-10-12-35(13-11-34)16-28(40,17-36-19-32-18-33-36)23-7-6-22(30)15-24(23)31/h2-7,14-15,18-19,40H,1,8-13,16-17H2/b25-14+. The SMILES string of the molecule is O=C1S/C(=C/c2ccc(Cl)cc2)C(=O)N1CCCN1CCN(CC(O)(Cn2cncn2)c2ccc(F)cc2F)CC1. The van der Waals surface area contributed by atoms with Gasteiger partial charge in [0.05, 0.1) is 11.4 Å². The minimum absolute atomic E-state index is 0.000807. The molecule has 3 aromatic rings. The maximum Gasteiger partial charge on any atom is 0.293 e. The fourth-order valence-corrected chi connectivity index (χ4v) is 6.06. The maximum absolute atomic E-state index is 14.7. The monoisotopic (exact) mass is 602 g/mol. The van der Waals surface area contributed by atoms with E-state index in [1.54, 1.807) is 30.3 Å². The lowest BCUT2D eigenvalue weighted by Crippen LogP contribution is -2.52. The van der Waals surface area contributed by atoms with Gasteiger partial charge in [-0.25, -0.2) is 18.4 Å². The summed E-state index contributed by atoms with van der Waals surface area (Å²) in [5.41, 5.74) is -0.855. The van der Waals surface area contributed by atoms with Crippen LogP contribution < -0.4 is 0 Å². The second-order valence-corrected chi connectivity index (χ2v) is 11.5. The minimum Gasteiger partial charge on any atom is -0.382 e. The highest BCUT2D eigenvalue weighted by molar-refractivity contribution is 8.18. The number of nitrogens with zero attached hydrogens (tertiary/aromatic N) is 6. The molecule has 1 N–H and O–H groups in total. The van der Waals surface area contributed by atoms with Gasteiger partial charge in [-0.3, -0.25) is 19.4 Å². The molecule has 0 radical (unpaired) electrons. The van der Waals surface area contributed by atoms with Crippen molar-refractivity contribution in [2.45, 2.75) is 18.6 Å². The molecular formula is C28H29ClF2N6O3S. The number of amides is 2. The third-order valence-electron chi connectivity index (χ3n) is 7.17. The van der Waals surface area contributed by atoms with Crippen LogP contribution in [0.5, 0.6) is 0 Å². The highest BCUT2D eigenvalue weighted by atomic mass is 35.5. The number of imide groups is 1. The van der Waals surface area contributed by atoms with E-state index in [0.717, 1.165) is 29.5 Å². The summed E-state index contributed by atoms with van der Waals surface area (Å²) in [6.45, 7) is 3.74. The Morgan fingerprint density at radius 3 is 2.41 bits per heavy atom. The molecule has 2 aliphatic heterocycles. The first-order chi connectivity index (χ1) is 19.7. The van der Waals surface area contributed by atoms with Gasteiger partial charge in [0.1, 0.15) is 29.9 Å². The molecule has 1 unspecified atom stereocenters. The number of piperazine rings is 1. The van der Waals surface area contributed by atoms with Crippen molar-refractivity contribution in [1.29, 1.82) is 0 Å². The Bertz CT molecular complexity index is 1420. The van der Waals surface area contributed by atoms with Crippen molar-refractivity contribution in [1.82, 2.24) is 29.5 Å². The summed E-state index contributed by atoms with van der Waals surface area (Å²) in [5.74, 6) is -1.83. The van der Waals surface area contributed by atoms with Gasteiger partial charge in [-0.1, -0.05) is 29.8 Å². The Morgan fingerprint density at radius 2 is 1.73 bits per heavy atom. The van der Waals surface area contributed by atoms with Gasteiger partial charge in [0.15, 0.2) is 0 Å². The highest BCUT2D eigenvalue weighted by Crippen LogP contribution is 2.33. The number of rotatable bonds is 10. The predicted octanol–water partition coefficient (Wildman–Crippen LogP) is 3.84. The number of β-amino-alcohol motifs (C(OH)–C–C–N with tert-alkyl or cyclic N) is 1. The van der Waals surface area contributed by atoms with Crippen LogP contribution in [0.4, 0.5) is 13.6 Å². The number of hydrogen-bond acceptors (Lipinski definition) is 8. The summed E-state index contributed by atoms with van der Waals surface area (Å²) in [5, 5.41) is 16.0. The minimum atomic E-state index is -1.65. The molecule has 41 heavy (non-hydrogen) atoms. The van der Waals surface area contributed by atoms with E-state index in [2.05, 4.69) is 15.0 Å². The molecule has 9 nitrogen and oxygen atoms in total. The van der Waals surface area contributed by atoms with E-state index in [0.29, 0.717) is 55.6 Å². The highest BCUT2D eigenvalue weighted by Gasteiger charge is 2.37. The van der Waals surface area contributed by atoms with Crippen molar-refractivity contribution >= 4 is 40.6 Å². The number of benzene rings is 2. The molecule has 2 aromatic carbocycles. The van der Waals surface area contributed by atoms with Gasteiger partial charge < -0.3 is 10.0 Å². The zero-order chi connectivity index (χ0) is 29.0. The largest absolute Gasteiger partial charge is 0.382 e. The molecule has 1 aromatic heterocycles. The molecule has 1 atom stereocenters. The van der Waals surface area contributed by atoms with E-state index >= 15 is 0 Å². The molecule has 216 valence electrons. The molecular weight excluding hydrogens is 574 g/mol. The first kappa shape index (κ1) is 29.3. The zero-order valence-electron chi connectivity index (χ0n) is 22.1. The third-order valence-corrected chi connectivity index (χ3v) is 8.33. The van der Waals surface area contributed by atoms with E-state index in [1.807, 2.05) is 4.90 Å². The lowest BCUT2D eigenvalue weighted by atomic mass is 9.92. The van der Waals surface area contributed by atoms with Crippen LogP contribution in [-0.4, -0.2) is 91.5 Å². The van der Waals surface area contributed by atoms with E-state index in [1.165, 1.54) is 28.3 Å². The van der Waals surface area contributed by atoms with Crippen LogP contribution in [0.2, 0.25) is 5.02 Å². The molecule has 0 bridgehead atoms. The summed E-state index contributed by atoms with van der Waals surface area (Å²) in [6, 6.07) is 10.2. The molecule has 2 saturated heterocycles. The molecule has 2 amide bonds. The van der Waals surface area contributed by atoms with Crippen LogP contribution in [0.15, 0.2) is 60.0 Å². The first-order valence-electron chi connectivity index (χ1n) is 13.2. The summed E-state index contributed by atoms with van der Waals surface area (Å²) in [7, 11) is 0. The number of aliphatic hydroxyl groups is 1. The Hall–Kier alpha value is -3.16. The van der Waals surface area contributed by atoms with Crippen molar-refractivity contribution in [3.8, 4) is 0 Å². The van der Waals surface area contributed by atoms with Crippen LogP contribution >= 0.6 is 23.4 Å². The van der Waals surface area contributed by atoms with Crippen molar-refractivity contribution < 1.29 is 23.5 Å². The van der Waals surface area contributed by atoms with Crippen LogP contribution in [0.25, 0.3) is 6.08 Å². The lowest BCUT2D eigenvalue weighted by molar-refractivity contribution is -0.122. The first-order valence-corrected chi connectivity index (χ1v) is 14.4. The van der Waals surface area contributed by atoms with Gasteiger partial charge in [-0.05, 0) is 54.6 Å². The van der Waals surface area contributed by atoms with Gasteiger partial charge in [0.2, 0.25) is 0 Å². The van der Waals surface area contributed by atoms with Crippen LogP contribution in [0.1, 0.15) is 17.5 Å². The van der Waals surface area contributed by atoms with Crippen molar-refractivity contribution in [2.75, 3.05) is 45.8 Å². The number of carbonyl (C=O) groups excluding carboxylic acids is 2. The summed E-state index contributed by atoms with van der Waals surface area (Å²) in [6.07, 6.45) is 5.10. The maximum atomic E-state index is 14.7. The van der Waals surface area contributed by atoms with Crippen molar-refractivity contribution in [3.63, 3.8) is 0 Å². The van der Waals surface area contributed by atoms with Gasteiger partial charge in [0.25, 0.3) is 11.1 Å². The van der Waals surface area contributed by atoms with Gasteiger partial charge in [0, 0.05) is 55.9 Å². The molecule has 0 spiro atoms. The molecule has 13 heteroatoms. The summed E-state index contributed by atoms with van der Waals surface area (Å²) in [4.78, 5) is 35.1. The second kappa shape index (κ2) is 12.8. The zero-order valence-corrected chi connectivity index (χ0v) is 23.7. The lowest BCUT2D eigenvalue weighted by Gasteiger charge is -2.39. The number of thioether (sulfide) groups is 1. The molecule has 5 rings (SSSR count). The van der Waals surface area contributed by atoms with E-state index in [9.17, 15) is 23.5 Å². The van der Waals surface area contributed by atoms with Crippen molar-refractivity contribution in [3.05, 3.63) is 87.8 Å². The smallest absolute Gasteiger partial charge is 0.293 e. The Labute approximate surface area is 245 Å². The molecule has 2 fully saturated rings. The van der Waals surface area contributed by atoms with Crippen LogP contribution in [-0.2, 0) is 16.9 Å². The topological polar surface area (TPSA) is 94.8 Å². The fraction of sp³-hybridized carbons (Fsp3) is 0.357. The summed E-state index contributed by atoms with van der Waals surface area (Å²) >= 11 is 6.86. The molecule has 2 aliphatic rings. The van der Waals surface area contributed by atoms with E-state index in [-0.39, 0.29) is 29.8 Å². The normalized spacial score (nSPS) is 19.3. The Kier molecular flexibility index (Phi) is 9.15. The van der Waals surface area contributed by atoms with Crippen LogP contribution in [0.3, 0.4) is 0 Å². The predicted molar refractivity (Wildman–Crippen MR) is 152 cm³/mol. The average Bonchev–Trinajstić information content (AvgIpc) is 3.53. The van der Waals surface area contributed by atoms with Crippen LogP contribution in [0, 0.1) is 11.6 Å². The van der Waals surface area contributed by atoms with Gasteiger partial charge >= 0.3 is 0 Å². The van der Waals surface area contributed by atoms with Gasteiger partial charge in [-0.2, -0.15) is 5.10 Å². The number of carbonyl (C=O) groups is 2.